The van der Waals surface area contributed by atoms with E-state index < -0.39 is 13.0 Å². The standard InChI is InChI=1S/C13H26F2N2O/c1-3-11(2)12-9-17(6-4-5-16-12)7-8-18-10-13(14)15/h11-13,16H,3-10H2,1-2H3. The van der Waals surface area contributed by atoms with Crippen molar-refractivity contribution in [2.75, 3.05) is 39.4 Å². The van der Waals surface area contributed by atoms with Crippen molar-refractivity contribution in [3.63, 3.8) is 0 Å². The Balaban J connectivity index is 2.26. The molecule has 2 atom stereocenters. The highest BCUT2D eigenvalue weighted by Gasteiger charge is 2.21. The van der Waals surface area contributed by atoms with E-state index in [4.69, 9.17) is 4.74 Å². The van der Waals surface area contributed by atoms with Crippen LogP contribution in [-0.2, 0) is 4.74 Å². The third-order valence-electron chi connectivity index (χ3n) is 3.64. The number of nitrogens with zero attached hydrogens (tertiary/aromatic N) is 1. The van der Waals surface area contributed by atoms with Gasteiger partial charge in [-0.05, 0) is 25.4 Å². The highest BCUT2D eigenvalue weighted by Crippen LogP contribution is 2.12. The lowest BCUT2D eigenvalue weighted by Crippen LogP contribution is -2.42. The molecular weight excluding hydrogens is 238 g/mol. The summed E-state index contributed by atoms with van der Waals surface area (Å²) in [6, 6.07) is 0.507. The summed E-state index contributed by atoms with van der Waals surface area (Å²) in [4.78, 5) is 2.32. The molecule has 3 nitrogen and oxygen atoms in total. The number of rotatable bonds is 7. The molecule has 0 radical (unpaired) electrons. The Morgan fingerprint density at radius 2 is 2.22 bits per heavy atom. The summed E-state index contributed by atoms with van der Waals surface area (Å²) in [6.45, 7) is 8.23. The van der Waals surface area contributed by atoms with E-state index in [0.29, 0.717) is 18.6 Å². The quantitative estimate of drug-likeness (QED) is 0.712. The van der Waals surface area contributed by atoms with Crippen LogP contribution in [0.1, 0.15) is 26.7 Å². The first-order valence-corrected chi connectivity index (χ1v) is 6.95. The van der Waals surface area contributed by atoms with E-state index in [1.54, 1.807) is 0 Å². The van der Waals surface area contributed by atoms with Crippen LogP contribution in [0, 0.1) is 5.92 Å². The number of hydrogen-bond acceptors (Lipinski definition) is 3. The maximum Gasteiger partial charge on any atom is 0.261 e. The van der Waals surface area contributed by atoms with Gasteiger partial charge in [0.1, 0.15) is 6.61 Å². The summed E-state index contributed by atoms with van der Waals surface area (Å²) < 4.78 is 28.8. The molecule has 0 bridgehead atoms. The van der Waals surface area contributed by atoms with Crippen LogP contribution in [0.25, 0.3) is 0 Å². The maximum atomic E-state index is 11.9. The van der Waals surface area contributed by atoms with Crippen molar-refractivity contribution in [2.24, 2.45) is 5.92 Å². The number of hydrogen-bond donors (Lipinski definition) is 1. The molecule has 1 aliphatic heterocycles. The van der Waals surface area contributed by atoms with Crippen molar-refractivity contribution in [3.8, 4) is 0 Å². The van der Waals surface area contributed by atoms with E-state index >= 15 is 0 Å². The lowest BCUT2D eigenvalue weighted by molar-refractivity contribution is 0.00931. The number of alkyl halides is 2. The van der Waals surface area contributed by atoms with Gasteiger partial charge in [-0.1, -0.05) is 20.3 Å². The second-order valence-corrected chi connectivity index (χ2v) is 5.07. The van der Waals surface area contributed by atoms with Gasteiger partial charge in [-0.15, -0.1) is 0 Å². The van der Waals surface area contributed by atoms with Crippen LogP contribution in [0.4, 0.5) is 8.78 Å². The zero-order valence-corrected chi connectivity index (χ0v) is 11.5. The van der Waals surface area contributed by atoms with Gasteiger partial charge in [-0.3, -0.25) is 4.90 Å². The Hall–Kier alpha value is -0.260. The van der Waals surface area contributed by atoms with Gasteiger partial charge >= 0.3 is 0 Å². The molecule has 0 amide bonds. The highest BCUT2D eigenvalue weighted by molar-refractivity contribution is 4.80. The molecule has 1 fully saturated rings. The van der Waals surface area contributed by atoms with Crippen molar-refractivity contribution in [2.45, 2.75) is 39.2 Å². The van der Waals surface area contributed by atoms with Crippen molar-refractivity contribution in [1.82, 2.24) is 10.2 Å². The fourth-order valence-corrected chi connectivity index (χ4v) is 2.26. The molecule has 0 spiro atoms. The Morgan fingerprint density at radius 1 is 1.44 bits per heavy atom. The fourth-order valence-electron chi connectivity index (χ4n) is 2.26. The van der Waals surface area contributed by atoms with Crippen molar-refractivity contribution < 1.29 is 13.5 Å². The molecule has 108 valence electrons. The maximum absolute atomic E-state index is 11.9. The SMILES string of the molecule is CCC(C)C1CN(CCOCC(F)F)CCCN1. The molecule has 0 aromatic heterocycles. The van der Waals surface area contributed by atoms with Crippen LogP contribution in [0.5, 0.6) is 0 Å². The van der Waals surface area contributed by atoms with Gasteiger partial charge in [0, 0.05) is 19.1 Å². The molecular formula is C13H26F2N2O. The lowest BCUT2D eigenvalue weighted by atomic mass is 9.99. The van der Waals surface area contributed by atoms with Crippen LogP contribution in [-0.4, -0.2) is 56.8 Å². The minimum absolute atomic E-state index is 0.400. The Kier molecular flexibility index (Phi) is 7.70. The molecule has 1 aliphatic rings. The summed E-state index contributed by atoms with van der Waals surface area (Å²) in [5.74, 6) is 0.646. The molecule has 0 aromatic rings. The third kappa shape index (κ3) is 6.07. The van der Waals surface area contributed by atoms with E-state index in [0.717, 1.165) is 39.0 Å². The van der Waals surface area contributed by atoms with Crippen molar-refractivity contribution in [3.05, 3.63) is 0 Å². The molecule has 1 saturated heterocycles. The smallest absolute Gasteiger partial charge is 0.261 e. The molecule has 0 aromatic carbocycles. The van der Waals surface area contributed by atoms with Crippen LogP contribution < -0.4 is 5.32 Å². The zero-order chi connectivity index (χ0) is 13.4. The Labute approximate surface area is 109 Å². The van der Waals surface area contributed by atoms with E-state index in [9.17, 15) is 8.78 Å². The highest BCUT2D eigenvalue weighted by atomic mass is 19.3. The molecule has 2 unspecified atom stereocenters. The van der Waals surface area contributed by atoms with E-state index in [2.05, 4.69) is 24.1 Å². The molecule has 1 rings (SSSR count). The number of nitrogens with one attached hydrogen (secondary N) is 1. The second kappa shape index (κ2) is 8.77. The summed E-state index contributed by atoms with van der Waals surface area (Å²) >= 11 is 0. The fraction of sp³-hybridized carbons (Fsp3) is 1.00. The number of ether oxygens (including phenoxy) is 1. The first-order chi connectivity index (χ1) is 8.63. The van der Waals surface area contributed by atoms with Crippen molar-refractivity contribution >= 4 is 0 Å². The summed E-state index contributed by atoms with van der Waals surface area (Å²) in [6.07, 6.45) is -0.0847. The first-order valence-electron chi connectivity index (χ1n) is 6.95. The monoisotopic (exact) mass is 264 g/mol. The van der Waals surface area contributed by atoms with Crippen molar-refractivity contribution in [1.29, 1.82) is 0 Å². The van der Waals surface area contributed by atoms with Crippen LogP contribution in [0.15, 0.2) is 0 Å². The van der Waals surface area contributed by atoms with E-state index in [1.165, 1.54) is 0 Å². The Morgan fingerprint density at radius 3 is 2.89 bits per heavy atom. The normalized spacial score (nSPS) is 24.2. The molecule has 18 heavy (non-hydrogen) atoms. The van der Waals surface area contributed by atoms with Gasteiger partial charge in [-0.25, -0.2) is 8.78 Å². The summed E-state index contributed by atoms with van der Waals surface area (Å²) in [7, 11) is 0. The third-order valence-corrected chi connectivity index (χ3v) is 3.64. The van der Waals surface area contributed by atoms with Crippen LogP contribution >= 0.6 is 0 Å². The molecule has 5 heteroatoms. The van der Waals surface area contributed by atoms with Gasteiger partial charge in [0.15, 0.2) is 0 Å². The predicted octanol–water partition coefficient (Wildman–Crippen LogP) is 1.98. The van der Waals surface area contributed by atoms with E-state index in [-0.39, 0.29) is 0 Å². The molecule has 0 aliphatic carbocycles. The van der Waals surface area contributed by atoms with Gasteiger partial charge < -0.3 is 10.1 Å². The zero-order valence-electron chi connectivity index (χ0n) is 11.5. The number of halogens is 2. The second-order valence-electron chi connectivity index (χ2n) is 5.07. The Bertz CT molecular complexity index is 217. The molecule has 1 heterocycles. The van der Waals surface area contributed by atoms with Gasteiger partial charge in [0.25, 0.3) is 6.43 Å². The van der Waals surface area contributed by atoms with Gasteiger partial charge in [-0.2, -0.15) is 0 Å². The largest absolute Gasteiger partial charge is 0.374 e. The van der Waals surface area contributed by atoms with Crippen LogP contribution in [0.3, 0.4) is 0 Å². The van der Waals surface area contributed by atoms with Gasteiger partial charge in [0.05, 0.1) is 6.61 Å². The van der Waals surface area contributed by atoms with Gasteiger partial charge in [0.2, 0.25) is 0 Å². The van der Waals surface area contributed by atoms with E-state index in [1.807, 2.05) is 0 Å². The lowest BCUT2D eigenvalue weighted by Gasteiger charge is -2.27. The average molecular weight is 264 g/mol. The molecule has 0 saturated carbocycles. The summed E-state index contributed by atoms with van der Waals surface area (Å²) in [5.41, 5.74) is 0. The minimum atomic E-state index is -2.36. The molecule has 1 N–H and O–H groups in total. The topological polar surface area (TPSA) is 24.5 Å². The van der Waals surface area contributed by atoms with Crippen LogP contribution in [0.2, 0.25) is 0 Å². The average Bonchev–Trinajstić information content (AvgIpc) is 2.59. The first kappa shape index (κ1) is 15.8. The predicted molar refractivity (Wildman–Crippen MR) is 69.1 cm³/mol. The minimum Gasteiger partial charge on any atom is -0.374 e. The summed E-state index contributed by atoms with van der Waals surface area (Å²) in [5, 5.41) is 3.57.